The molecule has 5 nitrogen and oxygen atoms in total. The van der Waals surface area contributed by atoms with Crippen LogP contribution in [0.4, 0.5) is 5.69 Å². The topological polar surface area (TPSA) is 71.1 Å². The molecule has 2 rings (SSSR count). The van der Waals surface area contributed by atoms with Crippen LogP contribution in [0, 0.1) is 0 Å². The second-order valence-electron chi connectivity index (χ2n) is 4.26. The van der Waals surface area contributed by atoms with Gasteiger partial charge in [0.1, 0.15) is 4.90 Å². The summed E-state index contributed by atoms with van der Waals surface area (Å²) in [5, 5.41) is 3.03. The van der Waals surface area contributed by atoms with Gasteiger partial charge in [-0.05, 0) is 47.5 Å². The SMILES string of the molecule is CCNc1ccncc1S(=O)(=O)NCCc1ccc(Br)s1. The molecular weight excluding hydrogens is 374 g/mol. The molecule has 0 spiro atoms. The van der Waals surface area contributed by atoms with Crippen molar-refractivity contribution in [3.63, 3.8) is 0 Å². The molecule has 2 heterocycles. The van der Waals surface area contributed by atoms with Gasteiger partial charge >= 0.3 is 0 Å². The summed E-state index contributed by atoms with van der Waals surface area (Å²) < 4.78 is 28.3. The first-order chi connectivity index (χ1) is 10.0. The van der Waals surface area contributed by atoms with Gasteiger partial charge in [0.15, 0.2) is 0 Å². The van der Waals surface area contributed by atoms with E-state index in [9.17, 15) is 8.42 Å². The number of hydrogen-bond acceptors (Lipinski definition) is 5. The van der Waals surface area contributed by atoms with E-state index in [4.69, 9.17) is 0 Å². The Bertz CT molecular complexity index is 701. The van der Waals surface area contributed by atoms with Crippen molar-refractivity contribution in [2.45, 2.75) is 18.2 Å². The molecule has 0 saturated heterocycles. The van der Waals surface area contributed by atoms with E-state index in [2.05, 4.69) is 31.0 Å². The third kappa shape index (κ3) is 4.50. The minimum absolute atomic E-state index is 0.180. The molecule has 2 N–H and O–H groups in total. The standard InChI is InChI=1S/C13H16BrN3O2S2/c1-2-16-11-6-7-15-9-12(11)21(18,19)17-8-5-10-3-4-13(14)20-10/h3-4,6-7,9,17H,2,5,8H2,1H3,(H,15,16). The molecule has 21 heavy (non-hydrogen) atoms. The molecule has 2 aromatic rings. The lowest BCUT2D eigenvalue weighted by Crippen LogP contribution is -2.26. The Morgan fingerprint density at radius 3 is 2.81 bits per heavy atom. The van der Waals surface area contributed by atoms with Crippen LogP contribution < -0.4 is 10.0 Å². The summed E-state index contributed by atoms with van der Waals surface area (Å²) in [6.07, 6.45) is 3.59. The van der Waals surface area contributed by atoms with E-state index in [0.717, 1.165) is 8.66 Å². The van der Waals surface area contributed by atoms with Crippen LogP contribution in [0.25, 0.3) is 0 Å². The number of nitrogens with zero attached hydrogens (tertiary/aromatic N) is 1. The molecular formula is C13H16BrN3O2S2. The number of rotatable bonds is 7. The van der Waals surface area contributed by atoms with Gasteiger partial charge in [-0.2, -0.15) is 0 Å². The number of aromatic nitrogens is 1. The largest absolute Gasteiger partial charge is 0.384 e. The third-order valence-electron chi connectivity index (χ3n) is 2.73. The van der Waals surface area contributed by atoms with Gasteiger partial charge in [-0.25, -0.2) is 13.1 Å². The normalized spacial score (nSPS) is 11.5. The number of hydrogen-bond donors (Lipinski definition) is 2. The molecule has 0 amide bonds. The van der Waals surface area contributed by atoms with Gasteiger partial charge in [-0.15, -0.1) is 11.3 Å². The van der Waals surface area contributed by atoms with Crippen molar-refractivity contribution in [2.24, 2.45) is 0 Å². The number of sulfonamides is 1. The Labute approximate surface area is 137 Å². The lowest BCUT2D eigenvalue weighted by molar-refractivity contribution is 0.581. The molecule has 0 aliphatic heterocycles. The second-order valence-corrected chi connectivity index (χ2v) is 8.54. The van der Waals surface area contributed by atoms with Gasteiger partial charge in [0.2, 0.25) is 10.0 Å². The van der Waals surface area contributed by atoms with Crippen LogP contribution >= 0.6 is 27.3 Å². The van der Waals surface area contributed by atoms with E-state index >= 15 is 0 Å². The van der Waals surface area contributed by atoms with E-state index in [-0.39, 0.29) is 4.90 Å². The maximum atomic E-state index is 12.3. The van der Waals surface area contributed by atoms with Crippen molar-refractivity contribution in [3.8, 4) is 0 Å². The molecule has 0 atom stereocenters. The number of anilines is 1. The maximum Gasteiger partial charge on any atom is 0.244 e. The minimum atomic E-state index is -3.56. The summed E-state index contributed by atoms with van der Waals surface area (Å²) in [7, 11) is -3.56. The van der Waals surface area contributed by atoms with Crippen molar-refractivity contribution < 1.29 is 8.42 Å². The zero-order valence-electron chi connectivity index (χ0n) is 11.5. The van der Waals surface area contributed by atoms with Crippen LogP contribution in [-0.4, -0.2) is 26.5 Å². The van der Waals surface area contributed by atoms with E-state index in [1.165, 1.54) is 6.20 Å². The molecule has 0 bridgehead atoms. The summed E-state index contributed by atoms with van der Waals surface area (Å²) in [5.74, 6) is 0. The smallest absolute Gasteiger partial charge is 0.244 e. The number of pyridine rings is 1. The Kier molecular flexibility index (Phi) is 5.74. The lowest BCUT2D eigenvalue weighted by Gasteiger charge is -2.11. The Balaban J connectivity index is 2.04. The highest BCUT2D eigenvalue weighted by molar-refractivity contribution is 9.11. The van der Waals surface area contributed by atoms with Crippen molar-refractivity contribution >= 4 is 43.0 Å². The first-order valence-corrected chi connectivity index (χ1v) is 9.54. The van der Waals surface area contributed by atoms with Crippen molar-refractivity contribution in [1.82, 2.24) is 9.71 Å². The molecule has 0 saturated carbocycles. The Morgan fingerprint density at radius 1 is 1.33 bits per heavy atom. The fraction of sp³-hybridized carbons (Fsp3) is 0.308. The summed E-state index contributed by atoms with van der Waals surface area (Å²) in [4.78, 5) is 5.21. The second kappa shape index (κ2) is 7.35. The zero-order chi connectivity index (χ0) is 15.3. The highest BCUT2D eigenvalue weighted by Crippen LogP contribution is 2.23. The molecule has 0 aliphatic rings. The quantitative estimate of drug-likeness (QED) is 0.763. The average Bonchev–Trinajstić information content (AvgIpc) is 2.85. The van der Waals surface area contributed by atoms with Crippen molar-refractivity contribution in [2.75, 3.05) is 18.4 Å². The van der Waals surface area contributed by atoms with Gasteiger partial charge in [-0.1, -0.05) is 0 Å². The van der Waals surface area contributed by atoms with Crippen LogP contribution in [0.3, 0.4) is 0 Å². The van der Waals surface area contributed by atoms with Gasteiger partial charge in [0.25, 0.3) is 0 Å². The van der Waals surface area contributed by atoms with E-state index in [0.29, 0.717) is 25.2 Å². The number of nitrogens with one attached hydrogen (secondary N) is 2. The van der Waals surface area contributed by atoms with Gasteiger partial charge < -0.3 is 5.32 Å². The first kappa shape index (κ1) is 16.4. The summed E-state index contributed by atoms with van der Waals surface area (Å²) in [6.45, 7) is 2.92. The van der Waals surface area contributed by atoms with Gasteiger partial charge in [0, 0.05) is 30.4 Å². The fourth-order valence-electron chi connectivity index (χ4n) is 1.80. The van der Waals surface area contributed by atoms with Crippen molar-refractivity contribution in [1.29, 1.82) is 0 Å². The van der Waals surface area contributed by atoms with Crippen LogP contribution in [0.2, 0.25) is 0 Å². The Hall–Kier alpha value is -0.960. The molecule has 114 valence electrons. The minimum Gasteiger partial charge on any atom is -0.384 e. The van der Waals surface area contributed by atoms with Gasteiger partial charge in [0.05, 0.1) is 9.47 Å². The number of thiophene rings is 1. The summed E-state index contributed by atoms with van der Waals surface area (Å²) >= 11 is 4.99. The highest BCUT2D eigenvalue weighted by atomic mass is 79.9. The summed E-state index contributed by atoms with van der Waals surface area (Å²) in [5.41, 5.74) is 0.568. The van der Waals surface area contributed by atoms with Crippen LogP contribution in [0.15, 0.2) is 39.3 Å². The lowest BCUT2D eigenvalue weighted by atomic mass is 10.3. The first-order valence-electron chi connectivity index (χ1n) is 6.44. The van der Waals surface area contributed by atoms with E-state index in [1.54, 1.807) is 23.6 Å². The van der Waals surface area contributed by atoms with E-state index in [1.807, 2.05) is 19.1 Å². The fourth-order valence-corrected chi connectivity index (χ4v) is 4.44. The number of halogens is 1. The zero-order valence-corrected chi connectivity index (χ0v) is 14.7. The van der Waals surface area contributed by atoms with E-state index < -0.39 is 10.0 Å². The molecule has 0 unspecified atom stereocenters. The van der Waals surface area contributed by atoms with Crippen molar-refractivity contribution in [3.05, 3.63) is 39.3 Å². The molecule has 0 aromatic carbocycles. The predicted molar refractivity (Wildman–Crippen MR) is 89.3 cm³/mol. The summed E-state index contributed by atoms with van der Waals surface area (Å²) in [6, 6.07) is 5.60. The van der Waals surface area contributed by atoms with Crippen LogP contribution in [0.5, 0.6) is 0 Å². The highest BCUT2D eigenvalue weighted by Gasteiger charge is 2.18. The Morgan fingerprint density at radius 2 is 2.14 bits per heavy atom. The third-order valence-corrected chi connectivity index (χ3v) is 5.91. The maximum absolute atomic E-state index is 12.3. The molecule has 8 heteroatoms. The molecule has 0 fully saturated rings. The monoisotopic (exact) mass is 389 g/mol. The molecule has 0 aliphatic carbocycles. The molecule has 0 radical (unpaired) electrons. The predicted octanol–water partition coefficient (Wildman–Crippen LogP) is 2.86. The average molecular weight is 390 g/mol. The molecule has 2 aromatic heterocycles. The van der Waals surface area contributed by atoms with Crippen LogP contribution in [-0.2, 0) is 16.4 Å². The van der Waals surface area contributed by atoms with Gasteiger partial charge in [-0.3, -0.25) is 4.98 Å². The van der Waals surface area contributed by atoms with Crippen LogP contribution in [0.1, 0.15) is 11.8 Å².